The van der Waals surface area contributed by atoms with Crippen LogP contribution in [0.5, 0.6) is 0 Å². The molecule has 0 aromatic rings. The Labute approximate surface area is 572 Å². The van der Waals surface area contributed by atoms with Gasteiger partial charge < -0.3 is 73.7 Å². The highest BCUT2D eigenvalue weighted by Crippen LogP contribution is 2.29. The van der Waals surface area contributed by atoms with E-state index in [0.717, 1.165) is 190 Å². The van der Waals surface area contributed by atoms with E-state index in [1.165, 1.54) is 0 Å². The van der Waals surface area contributed by atoms with Gasteiger partial charge >= 0.3 is 0 Å². The van der Waals surface area contributed by atoms with Crippen LogP contribution in [0.3, 0.4) is 0 Å². The van der Waals surface area contributed by atoms with E-state index in [4.69, 9.17) is 43.5 Å². The second-order valence-electron chi connectivity index (χ2n) is 33.0. The van der Waals surface area contributed by atoms with Crippen LogP contribution in [0.15, 0.2) is 0 Å². The van der Waals surface area contributed by atoms with Gasteiger partial charge in [-0.2, -0.15) is 0 Å². The third-order valence-electron chi connectivity index (χ3n) is 17.4. The monoisotopic (exact) mass is 1460 g/mol. The fourth-order valence-corrected chi connectivity index (χ4v) is 57.6. The molecule has 0 aromatic carbocycles. The quantitative estimate of drug-likeness (QED) is 0.0153. The average molecular weight is 1470 g/mol. The smallest absolute Gasteiger partial charge is 0.173 e. The van der Waals surface area contributed by atoms with Gasteiger partial charge in [-0.3, -0.25) is 21.3 Å². The summed E-state index contributed by atoms with van der Waals surface area (Å²) in [6.45, 7) is 57.3. The fourth-order valence-electron chi connectivity index (χ4n) is 13.2. The first-order valence-electron chi connectivity index (χ1n) is 36.3. The Balaban J connectivity index is 5.85. The molecule has 0 aliphatic heterocycles. The first-order chi connectivity index (χ1) is 41.9. The zero-order chi connectivity index (χ0) is 69.7. The molecule has 0 saturated carbocycles. The lowest BCUT2D eigenvalue weighted by Crippen LogP contribution is -2.45. The van der Waals surface area contributed by atoms with Crippen molar-refractivity contribution in [3.63, 3.8) is 0 Å². The summed E-state index contributed by atoms with van der Waals surface area (Å²) in [7, 11) is -18.4. The molecule has 548 valence electrons. The summed E-state index contributed by atoms with van der Waals surface area (Å²) in [5, 5.41) is 58.6. The Hall–Kier alpha value is 1.41. The van der Waals surface area contributed by atoms with E-state index in [-0.39, 0.29) is 0 Å². The molecule has 4 unspecified atom stereocenters. The number of nitrogens with two attached hydrogens (primary N) is 4. The Morgan fingerprint density at radius 2 is 0.407 bits per heavy atom. The Morgan fingerprint density at radius 1 is 0.253 bits per heavy atom. The van der Waals surface area contributed by atoms with Crippen LogP contribution in [-0.2, 0) is 20.6 Å². The fraction of sp³-hybridized carbons (Fsp3) is 1.00. The Kier molecular flexibility index (Phi) is 47.5. The summed E-state index contributed by atoms with van der Waals surface area (Å²) in [5.74, 6) is 0. The first-order valence-corrected chi connectivity index (χ1v) is 67.5. The lowest BCUT2D eigenvalue weighted by molar-refractivity contribution is 0.0905. The van der Waals surface area contributed by atoms with Crippen LogP contribution in [0.2, 0.25) is 191 Å². The van der Waals surface area contributed by atoms with Crippen molar-refractivity contribution in [3.05, 3.63) is 0 Å². The lowest BCUT2D eigenvalue weighted by atomic mass is 10.2. The molecule has 0 heterocycles. The molecule has 0 rings (SSSR count). The summed E-state index contributed by atoms with van der Waals surface area (Å²) in [6.07, 6.45) is 10.0. The van der Waals surface area contributed by atoms with Crippen LogP contribution in [-0.4, -0.2) is 230 Å². The van der Waals surface area contributed by atoms with Crippen molar-refractivity contribution in [1.29, 1.82) is 0 Å². The molecule has 19 nitrogen and oxygen atoms in total. The van der Waals surface area contributed by atoms with Crippen molar-refractivity contribution >= 4 is 83.2 Å². The number of hydrogen-bond acceptors (Lipinski definition) is 19. The highest BCUT2D eigenvalue weighted by molar-refractivity contribution is 6.87. The largest absolute Gasteiger partial charge is 0.455 e. The minimum absolute atomic E-state index is 0.605. The predicted molar refractivity (Wildman–Crippen MR) is 418 cm³/mol. The molecule has 91 heavy (non-hydrogen) atoms. The molecule has 16 N–H and O–H groups in total. The molecule has 0 radical (unpaired) electrons. The van der Waals surface area contributed by atoms with Gasteiger partial charge in [0.15, 0.2) is 83.2 Å². The van der Waals surface area contributed by atoms with Crippen molar-refractivity contribution in [1.82, 2.24) is 31.1 Å². The first kappa shape index (κ1) is 92.4. The molecule has 0 aliphatic carbocycles. The maximum atomic E-state index is 11.2. The molecule has 0 saturated heterocycles. The number of aliphatic hydroxyl groups excluding tert-OH is 4. The highest BCUT2D eigenvalue weighted by atomic mass is 28.4. The zero-order valence-corrected chi connectivity index (χ0v) is 73.2. The summed E-state index contributed by atoms with van der Waals surface area (Å²) in [5.41, 5.74) is 23.3. The minimum atomic E-state index is -2.06. The van der Waals surface area contributed by atoms with Gasteiger partial charge in [-0.25, -0.2) is 0 Å². The molecule has 0 fully saturated rings. The lowest BCUT2D eigenvalue weighted by Gasteiger charge is -2.35. The van der Waals surface area contributed by atoms with Gasteiger partial charge in [-0.15, -0.1) is 0 Å². The van der Waals surface area contributed by atoms with Gasteiger partial charge in [0.1, 0.15) is 24.9 Å². The van der Waals surface area contributed by atoms with E-state index < -0.39 is 108 Å². The third-order valence-corrected chi connectivity index (χ3v) is 55.1. The standard InChI is InChI=1S/C62H156N10O9Si10/c1-82(2,49-21-35-63)77-86(9,10)53-25-39-67-59(73)31-45-71(46-32-60(74)68-40-26-54-87(11,12)78-83(3,4)50-22-36-64)43-29-57-90(17,18)81-91(19,20)58-30-44-72(47-33-61(75)69-41-27-55-88(13,14)79-84(5,6)51-23-37-65)48-34-62(76)70-42-28-56-89(15,16)80-85(7,8)52-24-38-66/h59-62,67-70,73-76H,21-58,63-66H2,1-20H3. The van der Waals surface area contributed by atoms with E-state index >= 15 is 0 Å². The van der Waals surface area contributed by atoms with Crippen LogP contribution in [0.4, 0.5) is 0 Å². The van der Waals surface area contributed by atoms with E-state index in [2.05, 4.69) is 162 Å². The number of rotatable bonds is 62. The summed E-state index contributed by atoms with van der Waals surface area (Å²) in [4.78, 5) is 4.87. The molecular formula is C62H156N10O9Si10. The Bertz CT molecular complexity index is 1600. The maximum Gasteiger partial charge on any atom is 0.173 e. The van der Waals surface area contributed by atoms with Gasteiger partial charge in [0.2, 0.25) is 0 Å². The van der Waals surface area contributed by atoms with Crippen molar-refractivity contribution in [2.45, 2.75) is 306 Å². The van der Waals surface area contributed by atoms with E-state index in [1.54, 1.807) is 0 Å². The van der Waals surface area contributed by atoms with Crippen molar-refractivity contribution in [2.75, 3.05) is 91.6 Å². The second-order valence-corrected chi connectivity index (χ2v) is 77.3. The van der Waals surface area contributed by atoms with E-state index in [9.17, 15) is 20.4 Å². The van der Waals surface area contributed by atoms with Crippen LogP contribution >= 0.6 is 0 Å². The van der Waals surface area contributed by atoms with E-state index in [0.29, 0.717) is 51.9 Å². The van der Waals surface area contributed by atoms with Crippen molar-refractivity contribution in [2.24, 2.45) is 22.9 Å². The molecule has 0 spiro atoms. The third kappa shape index (κ3) is 53.0. The van der Waals surface area contributed by atoms with Crippen molar-refractivity contribution in [3.8, 4) is 0 Å². The molecular weight excluding hydrogens is 1310 g/mol. The molecule has 0 aliphatic rings. The highest BCUT2D eigenvalue weighted by Gasteiger charge is 2.37. The molecule has 0 aromatic heterocycles. The van der Waals surface area contributed by atoms with Crippen molar-refractivity contribution < 1.29 is 41.0 Å². The number of nitrogens with one attached hydrogen (secondary N) is 4. The van der Waals surface area contributed by atoms with Gasteiger partial charge in [0.25, 0.3) is 0 Å². The second kappa shape index (κ2) is 46.8. The predicted octanol–water partition coefficient (Wildman–Crippen LogP) is 10.7. The molecule has 29 heteroatoms. The summed E-state index contributed by atoms with van der Waals surface area (Å²) < 4.78 is 34.5. The van der Waals surface area contributed by atoms with Crippen LogP contribution in [0.25, 0.3) is 0 Å². The average Bonchev–Trinajstić information content (AvgIpc) is 2.46. The number of aliphatic hydroxyl groups is 4. The normalized spacial score (nSPS) is 15.4. The molecule has 4 atom stereocenters. The van der Waals surface area contributed by atoms with E-state index in [1.807, 2.05) is 0 Å². The van der Waals surface area contributed by atoms with Crippen LogP contribution < -0.4 is 44.2 Å². The SMILES string of the molecule is C[Si](C)(CCCN)O[Si](C)(C)CCCNC(O)CCN(CCC[Si](C)(C)O[Si](C)(C)CCCN(CCC(O)NCCC[Si](C)(C)O[Si](C)(C)CCCN)CCC(O)NCCC[Si](C)(C)O[Si](C)(C)CCCN)CCC(O)NCCC[Si](C)(C)O[Si](C)(C)CCCN. The van der Waals surface area contributed by atoms with Gasteiger partial charge in [-0.1, -0.05) is 0 Å². The molecule has 0 amide bonds. The summed E-state index contributed by atoms with van der Waals surface area (Å²) >= 11 is 0. The Morgan fingerprint density at radius 3 is 0.571 bits per heavy atom. The number of nitrogens with zero attached hydrogens (tertiary/aromatic N) is 2. The van der Waals surface area contributed by atoms with Gasteiger partial charge in [0, 0.05) is 26.2 Å². The maximum absolute atomic E-state index is 11.2. The van der Waals surface area contributed by atoms with Crippen LogP contribution in [0.1, 0.15) is 89.9 Å². The number of hydrogen-bond donors (Lipinski definition) is 12. The van der Waals surface area contributed by atoms with Gasteiger partial charge in [-0.05, 0) is 347 Å². The molecule has 0 bridgehead atoms. The zero-order valence-electron chi connectivity index (χ0n) is 63.2. The topological polar surface area (TPSA) is 286 Å². The minimum Gasteiger partial charge on any atom is -0.455 e. The van der Waals surface area contributed by atoms with Crippen LogP contribution in [0, 0.1) is 0 Å². The van der Waals surface area contributed by atoms with Gasteiger partial charge in [0.05, 0.1) is 0 Å². The summed E-state index contributed by atoms with van der Waals surface area (Å²) in [6, 6.07) is 10.7.